The van der Waals surface area contributed by atoms with Crippen molar-refractivity contribution in [3.05, 3.63) is 161 Å². The van der Waals surface area contributed by atoms with Gasteiger partial charge in [0.15, 0.2) is 4.80 Å². The summed E-state index contributed by atoms with van der Waals surface area (Å²) in [7, 11) is 1.57. The molecule has 0 radical (unpaired) electrons. The molecule has 0 fully saturated rings. The number of carbonyl (C=O) groups is 1. The van der Waals surface area contributed by atoms with Crippen LogP contribution in [0.3, 0.4) is 0 Å². The summed E-state index contributed by atoms with van der Waals surface area (Å²) in [6.45, 7) is 1.95. The highest BCUT2D eigenvalue weighted by Crippen LogP contribution is 2.32. The summed E-state index contributed by atoms with van der Waals surface area (Å²) in [4.78, 5) is 43.7. The number of nitro benzene ring substituents is 1. The Morgan fingerprint density at radius 2 is 1.76 bits per heavy atom. The molecule has 5 aromatic rings. The molecule has 1 aliphatic heterocycles. The Balaban J connectivity index is 1.40. The van der Waals surface area contributed by atoms with Crippen LogP contribution < -0.4 is 29.7 Å². The van der Waals surface area contributed by atoms with Crippen LogP contribution in [0.2, 0.25) is 0 Å². The molecule has 4 aromatic carbocycles. The fourth-order valence-electron chi connectivity index (χ4n) is 5.21. The lowest BCUT2D eigenvalue weighted by molar-refractivity contribution is -0.384. The van der Waals surface area contributed by atoms with Crippen molar-refractivity contribution in [1.29, 1.82) is 0 Å². The molecule has 0 aliphatic carbocycles. The van der Waals surface area contributed by atoms with Gasteiger partial charge in [0.05, 0.1) is 33.9 Å². The number of non-ortho nitro benzene ring substituents is 1. The second kappa shape index (κ2) is 13.0. The molecule has 0 bridgehead atoms. The Morgan fingerprint density at radius 3 is 2.50 bits per heavy atom. The predicted octanol–water partition coefficient (Wildman–Crippen LogP) is 5.37. The average molecular weight is 633 g/mol. The number of fused-ring (bicyclic) bond motifs is 1. The summed E-state index contributed by atoms with van der Waals surface area (Å²) >= 11 is 1.23. The smallest absolute Gasteiger partial charge is 0.271 e. The summed E-state index contributed by atoms with van der Waals surface area (Å²) in [5.74, 6) is 0.769. The van der Waals surface area contributed by atoms with E-state index in [1.807, 2.05) is 54.6 Å². The number of nitrogens with zero attached hydrogens (tertiary/aromatic N) is 3. The zero-order valence-corrected chi connectivity index (χ0v) is 25.7. The summed E-state index contributed by atoms with van der Waals surface area (Å²) in [5, 5.41) is 13.9. The van der Waals surface area contributed by atoms with E-state index in [1.54, 1.807) is 61.1 Å². The molecule has 230 valence electrons. The highest BCUT2D eigenvalue weighted by molar-refractivity contribution is 7.07. The third kappa shape index (κ3) is 6.21. The Morgan fingerprint density at radius 1 is 1.02 bits per heavy atom. The molecule has 6 rings (SSSR count). The molecular weight excluding hydrogens is 604 g/mol. The van der Waals surface area contributed by atoms with Gasteiger partial charge in [-0.25, -0.2) is 4.99 Å². The predicted molar refractivity (Wildman–Crippen MR) is 176 cm³/mol. The summed E-state index contributed by atoms with van der Waals surface area (Å²) in [5.41, 5.74) is 3.30. The Labute approximate surface area is 267 Å². The van der Waals surface area contributed by atoms with Crippen molar-refractivity contribution < 1.29 is 19.2 Å². The van der Waals surface area contributed by atoms with Crippen molar-refractivity contribution in [3.63, 3.8) is 0 Å². The van der Waals surface area contributed by atoms with Crippen LogP contribution in [-0.4, -0.2) is 22.5 Å². The Kier molecular flexibility index (Phi) is 8.57. The number of para-hydroxylation sites is 2. The number of ether oxygens (including phenoxy) is 2. The summed E-state index contributed by atoms with van der Waals surface area (Å²) < 4.78 is 13.5. The number of anilines is 1. The molecule has 11 heteroatoms. The van der Waals surface area contributed by atoms with E-state index < -0.39 is 11.0 Å². The van der Waals surface area contributed by atoms with E-state index >= 15 is 0 Å². The number of hydrogen-bond donors (Lipinski definition) is 1. The number of allylic oxidation sites excluding steroid dienone is 1. The number of methoxy groups -OCH3 is 1. The molecule has 10 nitrogen and oxygen atoms in total. The molecule has 1 aliphatic rings. The zero-order valence-electron chi connectivity index (χ0n) is 24.9. The number of nitro groups is 1. The number of rotatable bonds is 9. The monoisotopic (exact) mass is 632 g/mol. The van der Waals surface area contributed by atoms with Gasteiger partial charge in [0, 0.05) is 23.4 Å². The zero-order chi connectivity index (χ0) is 32.2. The molecule has 1 N–H and O–H groups in total. The maximum atomic E-state index is 14.2. The van der Waals surface area contributed by atoms with Crippen LogP contribution in [0.5, 0.6) is 11.5 Å². The van der Waals surface area contributed by atoms with Gasteiger partial charge >= 0.3 is 0 Å². The molecule has 1 amide bonds. The maximum absolute atomic E-state index is 14.2. The fourth-order valence-corrected chi connectivity index (χ4v) is 6.24. The molecule has 2 heterocycles. The van der Waals surface area contributed by atoms with Gasteiger partial charge in [0.1, 0.15) is 18.1 Å². The highest BCUT2D eigenvalue weighted by atomic mass is 32.1. The molecule has 0 unspecified atom stereocenters. The van der Waals surface area contributed by atoms with E-state index in [-0.39, 0.29) is 23.8 Å². The van der Waals surface area contributed by atoms with Gasteiger partial charge in [-0.2, -0.15) is 0 Å². The largest absolute Gasteiger partial charge is 0.497 e. The van der Waals surface area contributed by atoms with Crippen LogP contribution in [0.25, 0.3) is 6.08 Å². The van der Waals surface area contributed by atoms with E-state index in [1.165, 1.54) is 23.5 Å². The van der Waals surface area contributed by atoms with Crippen molar-refractivity contribution in [1.82, 2.24) is 4.57 Å². The lowest BCUT2D eigenvalue weighted by Gasteiger charge is -2.25. The number of thiazole rings is 1. The standard InChI is InChI=1S/C35H28N4O6S/c1-22-31(33(40)37-26-11-4-3-5-12-26)32(25-10-8-13-28(19-25)44-2)38-34(41)30(46-35(38)36-22)20-24-9-6-7-14-29(24)45-21-23-15-17-27(18-16-23)39(42)43/h3-20,32H,21H2,1-2H3,(H,37,40)/b30-20+/t32-/m1/s1. The van der Waals surface area contributed by atoms with Crippen LogP contribution in [-0.2, 0) is 11.4 Å². The maximum Gasteiger partial charge on any atom is 0.271 e. The van der Waals surface area contributed by atoms with Crippen molar-refractivity contribution in [3.8, 4) is 11.5 Å². The molecular formula is C35H28N4O6S. The number of aromatic nitrogens is 1. The quantitative estimate of drug-likeness (QED) is 0.172. The van der Waals surface area contributed by atoms with Crippen LogP contribution in [0.1, 0.15) is 29.7 Å². The van der Waals surface area contributed by atoms with Crippen molar-refractivity contribution in [2.75, 3.05) is 12.4 Å². The second-order valence-corrected chi connectivity index (χ2v) is 11.4. The Bertz CT molecular complexity index is 2150. The van der Waals surface area contributed by atoms with Gasteiger partial charge in [0.2, 0.25) is 0 Å². The first-order valence-electron chi connectivity index (χ1n) is 14.3. The molecule has 0 saturated carbocycles. The van der Waals surface area contributed by atoms with Crippen LogP contribution >= 0.6 is 11.3 Å². The minimum Gasteiger partial charge on any atom is -0.497 e. The van der Waals surface area contributed by atoms with E-state index in [2.05, 4.69) is 5.32 Å². The summed E-state index contributed by atoms with van der Waals surface area (Å²) in [6, 6.07) is 29.1. The average Bonchev–Trinajstić information content (AvgIpc) is 3.37. The minimum absolute atomic E-state index is 0.00252. The molecule has 0 saturated heterocycles. The first kappa shape index (κ1) is 30.2. The van der Waals surface area contributed by atoms with Crippen LogP contribution in [0.15, 0.2) is 124 Å². The molecule has 46 heavy (non-hydrogen) atoms. The molecule has 1 aromatic heterocycles. The highest BCUT2D eigenvalue weighted by Gasteiger charge is 2.32. The SMILES string of the molecule is COc1cccc([C@@H]2C(C(=O)Nc3ccccc3)=C(C)N=c3s/c(=C/c4ccccc4OCc4ccc([N+](=O)[O-])cc4)c(=O)n32)c1. The first-order valence-corrected chi connectivity index (χ1v) is 15.1. The molecule has 0 spiro atoms. The van der Waals surface area contributed by atoms with Crippen LogP contribution in [0.4, 0.5) is 11.4 Å². The Hall–Kier alpha value is -5.81. The topological polar surface area (TPSA) is 125 Å². The van der Waals surface area contributed by atoms with Gasteiger partial charge in [-0.05, 0) is 66.6 Å². The second-order valence-electron chi connectivity index (χ2n) is 10.4. The third-order valence-electron chi connectivity index (χ3n) is 7.45. The van der Waals surface area contributed by atoms with Crippen LogP contribution in [0, 0.1) is 10.1 Å². The normalized spacial score (nSPS) is 14.3. The number of carbonyl (C=O) groups excluding carboxylic acids is 1. The van der Waals surface area contributed by atoms with Gasteiger partial charge in [-0.3, -0.25) is 24.3 Å². The van der Waals surface area contributed by atoms with E-state index in [9.17, 15) is 19.7 Å². The van der Waals surface area contributed by atoms with E-state index in [0.29, 0.717) is 48.9 Å². The molecule has 1 atom stereocenters. The first-order chi connectivity index (χ1) is 22.3. The van der Waals surface area contributed by atoms with Gasteiger partial charge in [-0.15, -0.1) is 0 Å². The number of nitrogens with one attached hydrogen (secondary N) is 1. The van der Waals surface area contributed by atoms with Gasteiger partial charge < -0.3 is 14.8 Å². The van der Waals surface area contributed by atoms with Crippen molar-refractivity contribution in [2.24, 2.45) is 4.99 Å². The summed E-state index contributed by atoms with van der Waals surface area (Å²) in [6.07, 6.45) is 1.75. The number of benzene rings is 4. The van der Waals surface area contributed by atoms with E-state index in [4.69, 9.17) is 14.5 Å². The van der Waals surface area contributed by atoms with Gasteiger partial charge in [-0.1, -0.05) is 59.9 Å². The van der Waals surface area contributed by atoms with Crippen molar-refractivity contribution >= 4 is 34.7 Å². The van der Waals surface area contributed by atoms with Gasteiger partial charge in [0.25, 0.3) is 17.2 Å². The lowest BCUT2D eigenvalue weighted by atomic mass is 9.95. The third-order valence-corrected chi connectivity index (χ3v) is 8.44. The number of hydrogen-bond acceptors (Lipinski definition) is 8. The number of amides is 1. The van der Waals surface area contributed by atoms with Crippen molar-refractivity contribution in [2.45, 2.75) is 19.6 Å². The van der Waals surface area contributed by atoms with E-state index in [0.717, 1.165) is 5.56 Å². The lowest BCUT2D eigenvalue weighted by Crippen LogP contribution is -2.40. The minimum atomic E-state index is -0.758. The fraction of sp³-hybridized carbons (Fsp3) is 0.114.